The Bertz CT molecular complexity index is 542. The molecule has 96 valence electrons. The maximum absolute atomic E-state index is 6.05. The van der Waals surface area contributed by atoms with E-state index >= 15 is 0 Å². The molecule has 0 fully saturated rings. The van der Waals surface area contributed by atoms with Crippen molar-refractivity contribution < 1.29 is 4.74 Å². The van der Waals surface area contributed by atoms with Crippen LogP contribution in [-0.4, -0.2) is 16.3 Å². The maximum atomic E-state index is 6.05. The van der Waals surface area contributed by atoms with Crippen LogP contribution in [0.15, 0.2) is 30.6 Å². The lowest BCUT2D eigenvalue weighted by atomic mass is 10.2. The van der Waals surface area contributed by atoms with Crippen LogP contribution in [0.5, 0.6) is 5.75 Å². The van der Waals surface area contributed by atoms with Gasteiger partial charge in [-0.3, -0.25) is 4.68 Å². The van der Waals surface area contributed by atoms with Crippen LogP contribution in [0.1, 0.15) is 11.7 Å². The normalized spacial score (nSPS) is 12.4. The number of ether oxygens (including phenoxy) is 1. The quantitative estimate of drug-likeness (QED) is 0.940. The van der Waals surface area contributed by atoms with Gasteiger partial charge in [-0.05, 0) is 18.2 Å². The van der Waals surface area contributed by atoms with Gasteiger partial charge in [0.1, 0.15) is 11.9 Å². The molecule has 6 heteroatoms. The van der Waals surface area contributed by atoms with Crippen LogP contribution >= 0.6 is 23.2 Å². The summed E-state index contributed by atoms with van der Waals surface area (Å²) < 4.78 is 7.48. The topological polar surface area (TPSA) is 53.1 Å². The molecule has 0 aliphatic rings. The molecule has 0 radical (unpaired) electrons. The molecule has 18 heavy (non-hydrogen) atoms. The maximum Gasteiger partial charge on any atom is 0.139 e. The molecule has 2 rings (SSSR count). The Morgan fingerprint density at radius 1 is 1.44 bits per heavy atom. The summed E-state index contributed by atoms with van der Waals surface area (Å²) in [7, 11) is 1.84. The average molecular weight is 286 g/mol. The van der Waals surface area contributed by atoms with Crippen LogP contribution in [0.25, 0.3) is 0 Å². The standard InChI is InChI=1S/C12H13Cl2N3O/c1-17-7-8(6-16-17)12(5-15)18-11-3-2-9(13)4-10(11)14/h2-4,6-7,12H,5,15H2,1H3. The lowest BCUT2D eigenvalue weighted by molar-refractivity contribution is 0.214. The van der Waals surface area contributed by atoms with Crippen molar-refractivity contribution in [1.82, 2.24) is 9.78 Å². The van der Waals surface area contributed by atoms with Crippen molar-refractivity contribution in [2.75, 3.05) is 6.54 Å². The first-order valence-corrected chi connectivity index (χ1v) is 6.16. The van der Waals surface area contributed by atoms with E-state index in [1.165, 1.54) is 0 Å². The van der Waals surface area contributed by atoms with Crippen LogP contribution < -0.4 is 10.5 Å². The third kappa shape index (κ3) is 2.96. The number of hydrogen-bond donors (Lipinski definition) is 1. The molecule has 2 N–H and O–H groups in total. The van der Waals surface area contributed by atoms with Gasteiger partial charge in [-0.15, -0.1) is 0 Å². The van der Waals surface area contributed by atoms with Crippen LogP contribution in [0.4, 0.5) is 0 Å². The van der Waals surface area contributed by atoms with Gasteiger partial charge in [0.2, 0.25) is 0 Å². The fourth-order valence-corrected chi connectivity index (χ4v) is 2.04. The number of aromatic nitrogens is 2. The number of nitrogens with two attached hydrogens (primary N) is 1. The Morgan fingerprint density at radius 2 is 2.22 bits per heavy atom. The van der Waals surface area contributed by atoms with Gasteiger partial charge < -0.3 is 10.5 Å². The van der Waals surface area contributed by atoms with Crippen molar-refractivity contribution in [2.45, 2.75) is 6.10 Å². The average Bonchev–Trinajstić information content (AvgIpc) is 2.75. The van der Waals surface area contributed by atoms with Crippen molar-refractivity contribution in [2.24, 2.45) is 12.8 Å². The minimum Gasteiger partial charge on any atom is -0.483 e. The molecule has 1 atom stereocenters. The summed E-state index contributed by atoms with van der Waals surface area (Å²) in [6.45, 7) is 0.338. The van der Waals surface area contributed by atoms with Crippen LogP contribution in [0.3, 0.4) is 0 Å². The molecule has 4 nitrogen and oxygen atoms in total. The predicted molar refractivity (Wildman–Crippen MR) is 72.1 cm³/mol. The van der Waals surface area contributed by atoms with Gasteiger partial charge in [-0.1, -0.05) is 23.2 Å². The highest BCUT2D eigenvalue weighted by Gasteiger charge is 2.15. The molecular weight excluding hydrogens is 273 g/mol. The highest BCUT2D eigenvalue weighted by Crippen LogP contribution is 2.30. The van der Waals surface area contributed by atoms with Crippen LogP contribution in [0, 0.1) is 0 Å². The Kier molecular flexibility index (Phi) is 4.11. The summed E-state index contributed by atoms with van der Waals surface area (Å²) in [6, 6.07) is 5.08. The minimum atomic E-state index is -0.280. The third-order valence-electron chi connectivity index (χ3n) is 2.47. The van der Waals surface area contributed by atoms with E-state index in [1.807, 2.05) is 13.2 Å². The summed E-state index contributed by atoms with van der Waals surface area (Å²) in [6.07, 6.45) is 3.31. The molecule has 0 amide bonds. The van der Waals surface area contributed by atoms with Gasteiger partial charge in [0.25, 0.3) is 0 Å². The molecule has 1 aromatic carbocycles. The molecule has 0 aliphatic heterocycles. The summed E-state index contributed by atoms with van der Waals surface area (Å²) in [5, 5.41) is 5.12. The zero-order valence-corrected chi connectivity index (χ0v) is 11.3. The Balaban J connectivity index is 2.20. The second-order valence-corrected chi connectivity index (χ2v) is 4.71. The second-order valence-electron chi connectivity index (χ2n) is 3.86. The molecule has 1 unspecified atom stereocenters. The minimum absolute atomic E-state index is 0.280. The highest BCUT2D eigenvalue weighted by atomic mass is 35.5. The van der Waals surface area contributed by atoms with E-state index in [-0.39, 0.29) is 6.10 Å². The van der Waals surface area contributed by atoms with Gasteiger partial charge in [-0.2, -0.15) is 5.10 Å². The molecule has 0 spiro atoms. The van der Waals surface area contributed by atoms with E-state index in [0.717, 1.165) is 5.56 Å². The highest BCUT2D eigenvalue weighted by molar-refractivity contribution is 6.35. The molecule has 0 saturated carbocycles. The van der Waals surface area contributed by atoms with Crippen LogP contribution in [0.2, 0.25) is 10.0 Å². The third-order valence-corrected chi connectivity index (χ3v) is 3.00. The lowest BCUT2D eigenvalue weighted by Crippen LogP contribution is -2.18. The van der Waals surface area contributed by atoms with Crippen molar-refractivity contribution >= 4 is 23.2 Å². The number of aryl methyl sites for hydroxylation is 1. The zero-order chi connectivity index (χ0) is 13.1. The molecule has 1 heterocycles. The number of halogens is 2. The van der Waals surface area contributed by atoms with E-state index in [0.29, 0.717) is 22.3 Å². The van der Waals surface area contributed by atoms with Gasteiger partial charge in [0, 0.05) is 30.4 Å². The number of rotatable bonds is 4. The Hall–Kier alpha value is -1.23. The predicted octanol–water partition coefficient (Wildman–Crippen LogP) is 2.81. The molecule has 2 aromatic rings. The summed E-state index contributed by atoms with van der Waals surface area (Å²) in [5.74, 6) is 0.556. The molecule has 0 bridgehead atoms. The monoisotopic (exact) mass is 285 g/mol. The van der Waals surface area contributed by atoms with Crippen molar-refractivity contribution in [3.63, 3.8) is 0 Å². The first-order valence-electron chi connectivity index (χ1n) is 5.40. The first-order chi connectivity index (χ1) is 8.60. The van der Waals surface area contributed by atoms with Crippen molar-refractivity contribution in [3.05, 3.63) is 46.2 Å². The largest absolute Gasteiger partial charge is 0.483 e. The van der Waals surface area contributed by atoms with E-state index in [4.69, 9.17) is 33.7 Å². The van der Waals surface area contributed by atoms with E-state index in [2.05, 4.69) is 5.10 Å². The molecular formula is C12H13Cl2N3O. The fraction of sp³-hybridized carbons (Fsp3) is 0.250. The van der Waals surface area contributed by atoms with Gasteiger partial charge >= 0.3 is 0 Å². The molecule has 1 aromatic heterocycles. The second kappa shape index (κ2) is 5.61. The van der Waals surface area contributed by atoms with Crippen LogP contribution in [-0.2, 0) is 7.05 Å². The van der Waals surface area contributed by atoms with E-state index < -0.39 is 0 Å². The smallest absolute Gasteiger partial charge is 0.139 e. The van der Waals surface area contributed by atoms with E-state index in [9.17, 15) is 0 Å². The van der Waals surface area contributed by atoms with E-state index in [1.54, 1.807) is 29.1 Å². The summed E-state index contributed by atoms with van der Waals surface area (Å²) in [5.41, 5.74) is 6.62. The Morgan fingerprint density at radius 3 is 2.78 bits per heavy atom. The van der Waals surface area contributed by atoms with Gasteiger partial charge in [-0.25, -0.2) is 0 Å². The number of benzene rings is 1. The summed E-state index contributed by atoms with van der Waals surface area (Å²) in [4.78, 5) is 0. The lowest BCUT2D eigenvalue weighted by Gasteiger charge is -2.17. The Labute approximate surface area is 115 Å². The first kappa shape index (κ1) is 13.2. The number of hydrogen-bond acceptors (Lipinski definition) is 3. The van der Waals surface area contributed by atoms with Gasteiger partial charge in [0.05, 0.1) is 11.2 Å². The fourth-order valence-electron chi connectivity index (χ4n) is 1.58. The van der Waals surface area contributed by atoms with Crippen molar-refractivity contribution in [3.8, 4) is 5.75 Å². The molecule has 0 saturated heterocycles. The zero-order valence-electron chi connectivity index (χ0n) is 9.81. The number of nitrogens with zero attached hydrogens (tertiary/aromatic N) is 2. The SMILES string of the molecule is Cn1cc(C(CN)Oc2ccc(Cl)cc2Cl)cn1. The molecule has 0 aliphatic carbocycles. The summed E-state index contributed by atoms with van der Waals surface area (Å²) >= 11 is 11.9. The van der Waals surface area contributed by atoms with Crippen molar-refractivity contribution in [1.29, 1.82) is 0 Å². The van der Waals surface area contributed by atoms with Gasteiger partial charge in [0.15, 0.2) is 0 Å².